The van der Waals surface area contributed by atoms with Gasteiger partial charge in [-0.2, -0.15) is 0 Å². The first kappa shape index (κ1) is 35.0. The molecule has 4 aromatic rings. The summed E-state index contributed by atoms with van der Waals surface area (Å²) in [7, 11) is 1.68. The van der Waals surface area contributed by atoms with Gasteiger partial charge in [-0.15, -0.1) is 11.8 Å². The van der Waals surface area contributed by atoms with Gasteiger partial charge in [0.2, 0.25) is 0 Å². The number of carbonyl (C=O) groups excluding carboxylic acids is 2. The van der Waals surface area contributed by atoms with Crippen LogP contribution in [0.15, 0.2) is 102 Å². The Morgan fingerprint density at radius 3 is 2.33 bits per heavy atom. The van der Waals surface area contributed by atoms with Gasteiger partial charge in [-0.25, -0.2) is 4.79 Å². The van der Waals surface area contributed by atoms with Gasteiger partial charge >= 0.3 is 12.0 Å². The fraction of sp³-hybridized carbons (Fsp3) is 0.316. The first-order valence-corrected chi connectivity index (χ1v) is 17.0. The minimum Gasteiger partial charge on any atom is -0.496 e. The highest BCUT2D eigenvalue weighted by Gasteiger charge is 2.38. The number of thioether (sulfide) groups is 1. The van der Waals surface area contributed by atoms with Crippen molar-refractivity contribution in [3.05, 3.63) is 119 Å². The van der Waals surface area contributed by atoms with Gasteiger partial charge in [0.25, 0.3) is 0 Å². The fourth-order valence-electron chi connectivity index (χ4n) is 5.52. The number of aliphatic hydroxyl groups excluding tert-OH is 1. The van der Waals surface area contributed by atoms with Crippen LogP contribution in [-0.4, -0.2) is 49.2 Å². The lowest BCUT2D eigenvalue weighted by molar-refractivity contribution is -0.268. The van der Waals surface area contributed by atoms with Crippen molar-refractivity contribution in [1.29, 1.82) is 0 Å². The molecule has 0 saturated carbocycles. The van der Waals surface area contributed by atoms with Crippen LogP contribution in [0.5, 0.6) is 5.75 Å². The van der Waals surface area contributed by atoms with E-state index in [2.05, 4.69) is 23.6 Å². The minimum absolute atomic E-state index is 0.0104. The summed E-state index contributed by atoms with van der Waals surface area (Å²) in [6.07, 6.45) is -0.901. The molecule has 48 heavy (non-hydrogen) atoms. The molecule has 0 radical (unpaired) electrons. The van der Waals surface area contributed by atoms with E-state index in [1.165, 1.54) is 0 Å². The lowest BCUT2D eigenvalue weighted by Gasteiger charge is -2.41. The number of esters is 1. The third-order valence-electron chi connectivity index (χ3n) is 8.19. The molecule has 0 spiro atoms. The highest BCUT2D eigenvalue weighted by atomic mass is 32.2. The molecule has 10 heteroatoms. The highest BCUT2D eigenvalue weighted by molar-refractivity contribution is 7.99. The number of nitrogens with one attached hydrogen (secondary N) is 2. The summed E-state index contributed by atoms with van der Waals surface area (Å²) < 4.78 is 23.7. The zero-order valence-corrected chi connectivity index (χ0v) is 28.2. The van der Waals surface area contributed by atoms with E-state index in [-0.39, 0.29) is 37.9 Å². The van der Waals surface area contributed by atoms with Gasteiger partial charge in [0.15, 0.2) is 6.29 Å². The maximum Gasteiger partial charge on any atom is 0.325 e. The Bertz CT molecular complexity index is 1650. The summed E-state index contributed by atoms with van der Waals surface area (Å²) >= 11 is 1.71. The van der Waals surface area contributed by atoms with E-state index < -0.39 is 18.3 Å². The van der Waals surface area contributed by atoms with Gasteiger partial charge in [0.05, 0.1) is 32.5 Å². The molecule has 4 aromatic carbocycles. The molecule has 9 nitrogen and oxygen atoms in total. The third kappa shape index (κ3) is 9.17. The zero-order chi connectivity index (χ0) is 33.9. The fourth-order valence-corrected chi connectivity index (χ4v) is 6.72. The predicted molar refractivity (Wildman–Crippen MR) is 185 cm³/mol. The number of hydrogen-bond acceptors (Lipinski definition) is 8. The van der Waals surface area contributed by atoms with Gasteiger partial charge in [0, 0.05) is 28.7 Å². The first-order valence-electron chi connectivity index (χ1n) is 16.0. The largest absolute Gasteiger partial charge is 0.496 e. The van der Waals surface area contributed by atoms with Gasteiger partial charge in [-0.3, -0.25) is 4.79 Å². The number of carbonyl (C=O) groups is 2. The first-order chi connectivity index (χ1) is 23.4. The molecule has 0 aromatic heterocycles. The molecular weight excluding hydrogens is 628 g/mol. The Morgan fingerprint density at radius 1 is 0.854 bits per heavy atom. The summed E-state index contributed by atoms with van der Waals surface area (Å²) in [6.45, 7) is 4.25. The average molecular weight is 671 g/mol. The Hall–Kier alpha value is -4.35. The van der Waals surface area contributed by atoms with Crippen LogP contribution in [0, 0.1) is 5.92 Å². The lowest BCUT2D eigenvalue weighted by atomic mass is 9.91. The number of aliphatic hydroxyl groups is 1. The Balaban J connectivity index is 1.29. The van der Waals surface area contributed by atoms with Crippen molar-refractivity contribution in [1.82, 2.24) is 10.6 Å². The van der Waals surface area contributed by atoms with Crippen LogP contribution in [0.2, 0.25) is 0 Å². The Kier molecular flexibility index (Phi) is 12.5. The second kappa shape index (κ2) is 17.2. The third-order valence-corrected chi connectivity index (χ3v) is 9.33. The Morgan fingerprint density at radius 2 is 1.60 bits per heavy atom. The molecule has 3 N–H and O–H groups in total. The van der Waals surface area contributed by atoms with Crippen LogP contribution in [0.4, 0.5) is 4.79 Å². The molecule has 4 atom stereocenters. The number of rotatable bonds is 13. The topological polar surface area (TPSA) is 115 Å². The molecule has 0 bridgehead atoms. The number of methoxy groups -OCH3 is 1. The summed E-state index contributed by atoms with van der Waals surface area (Å²) in [4.78, 5) is 24.7. The maximum absolute atomic E-state index is 12.1. The summed E-state index contributed by atoms with van der Waals surface area (Å²) in [5.74, 6) is 1.13. The van der Waals surface area contributed by atoms with E-state index >= 15 is 0 Å². The number of benzene rings is 4. The van der Waals surface area contributed by atoms with Crippen molar-refractivity contribution in [2.75, 3.05) is 26.0 Å². The number of hydrogen-bond donors (Lipinski definition) is 3. The molecule has 1 saturated heterocycles. The van der Waals surface area contributed by atoms with Crippen LogP contribution in [0.25, 0.3) is 11.1 Å². The lowest BCUT2D eigenvalue weighted by Crippen LogP contribution is -2.38. The van der Waals surface area contributed by atoms with Gasteiger partial charge in [0.1, 0.15) is 12.3 Å². The van der Waals surface area contributed by atoms with E-state index in [9.17, 15) is 14.7 Å². The molecular formula is C38H42N2O7S. The molecule has 252 valence electrons. The van der Waals surface area contributed by atoms with Gasteiger partial charge < -0.3 is 34.7 Å². The van der Waals surface area contributed by atoms with Crippen molar-refractivity contribution in [2.45, 2.75) is 50.4 Å². The molecule has 4 unspecified atom stereocenters. The van der Waals surface area contributed by atoms with Crippen LogP contribution in [0.3, 0.4) is 0 Å². The molecule has 2 amide bonds. The molecule has 0 aliphatic carbocycles. The van der Waals surface area contributed by atoms with Crippen LogP contribution in [0.1, 0.15) is 48.5 Å². The van der Waals surface area contributed by atoms with E-state index in [4.69, 9.17) is 18.9 Å². The number of ether oxygens (including phenoxy) is 4. The molecule has 1 fully saturated rings. The van der Waals surface area contributed by atoms with E-state index in [1.54, 1.807) is 25.8 Å². The smallest absolute Gasteiger partial charge is 0.325 e. The molecule has 1 aliphatic rings. The minimum atomic E-state index is -0.579. The van der Waals surface area contributed by atoms with Crippen LogP contribution >= 0.6 is 11.8 Å². The standard InChI is InChI=1S/C38H42N2O7S/c1-4-45-35(42)22-40-38(43)39-21-27-8-7-9-31(20-27)28-16-18-30(19-17-28)37-46-33(24-48-34-11-6-5-10-32(34)44-3)25(2)36(47-37)29-14-12-26(23-41)13-15-29/h5-20,25,33,36-37,41H,4,21-24H2,1-3H3,(H2,39,40,43). The number of amides is 2. The van der Waals surface area contributed by atoms with Crippen molar-refractivity contribution < 1.29 is 33.6 Å². The van der Waals surface area contributed by atoms with Crippen molar-refractivity contribution >= 4 is 23.8 Å². The van der Waals surface area contributed by atoms with E-state index in [0.29, 0.717) is 12.3 Å². The van der Waals surface area contributed by atoms with Crippen molar-refractivity contribution in [3.63, 3.8) is 0 Å². The summed E-state index contributed by atoms with van der Waals surface area (Å²) in [6, 6.07) is 31.5. The summed E-state index contributed by atoms with van der Waals surface area (Å²) in [5, 5.41) is 14.8. The number of urea groups is 1. The van der Waals surface area contributed by atoms with Gasteiger partial charge in [-0.1, -0.05) is 85.8 Å². The SMILES string of the molecule is CCOC(=O)CNC(=O)NCc1cccc(-c2ccc(C3OC(CSc4ccccc4OC)C(C)C(c4ccc(CO)cc4)O3)cc2)c1. The van der Waals surface area contributed by atoms with E-state index in [0.717, 1.165) is 44.0 Å². The van der Waals surface area contributed by atoms with E-state index in [1.807, 2.05) is 91.0 Å². The van der Waals surface area contributed by atoms with Crippen LogP contribution < -0.4 is 15.4 Å². The molecule has 5 rings (SSSR count). The monoisotopic (exact) mass is 670 g/mol. The quantitative estimate of drug-likeness (QED) is 0.105. The van der Waals surface area contributed by atoms with Crippen molar-refractivity contribution in [3.8, 4) is 16.9 Å². The van der Waals surface area contributed by atoms with Crippen molar-refractivity contribution in [2.24, 2.45) is 5.92 Å². The second-order valence-electron chi connectivity index (χ2n) is 11.4. The Labute approximate surface area is 286 Å². The molecule has 1 heterocycles. The highest BCUT2D eigenvalue weighted by Crippen LogP contribution is 2.44. The zero-order valence-electron chi connectivity index (χ0n) is 27.4. The number of para-hydroxylation sites is 1. The summed E-state index contributed by atoms with van der Waals surface area (Å²) in [5.41, 5.74) is 5.73. The maximum atomic E-state index is 12.1. The average Bonchev–Trinajstić information content (AvgIpc) is 3.13. The predicted octanol–water partition coefficient (Wildman–Crippen LogP) is 6.80. The second-order valence-corrected chi connectivity index (χ2v) is 12.5. The van der Waals surface area contributed by atoms with Crippen LogP contribution in [-0.2, 0) is 32.2 Å². The molecule has 1 aliphatic heterocycles. The normalized spacial score (nSPS) is 18.9. The van der Waals surface area contributed by atoms with Gasteiger partial charge in [-0.05, 0) is 52.9 Å².